The number of guanidine groups is 1. The molecule has 0 heterocycles. The minimum absolute atomic E-state index is 0. The van der Waals surface area contributed by atoms with Crippen molar-refractivity contribution in [3.63, 3.8) is 0 Å². The first-order valence-electron chi connectivity index (χ1n) is 9.23. The molecule has 0 fully saturated rings. The highest BCUT2D eigenvalue weighted by atomic mass is 127. The van der Waals surface area contributed by atoms with Crippen LogP contribution in [0.5, 0.6) is 0 Å². The number of nitrogens with zero attached hydrogens (tertiary/aromatic N) is 3. The average Bonchev–Trinajstić information content (AvgIpc) is 2.64. The molecule has 0 aromatic heterocycles. The van der Waals surface area contributed by atoms with Gasteiger partial charge in [0.25, 0.3) is 5.91 Å². The fourth-order valence-corrected chi connectivity index (χ4v) is 2.89. The molecule has 0 atom stereocenters. The van der Waals surface area contributed by atoms with Crippen LogP contribution in [0.1, 0.15) is 31.1 Å². The summed E-state index contributed by atoms with van der Waals surface area (Å²) in [5, 5.41) is 6.03. The van der Waals surface area contributed by atoms with Crippen LogP contribution in [0.4, 0.5) is 0 Å². The number of benzene rings is 1. The summed E-state index contributed by atoms with van der Waals surface area (Å²) in [5.74, 6) is 0.576. The average molecular weight is 568 g/mol. The molecule has 0 saturated carbocycles. The molecule has 28 heavy (non-hydrogen) atoms. The molecular formula is C19H31BrIN5O2. The van der Waals surface area contributed by atoms with Crippen LogP contribution < -0.4 is 10.6 Å². The highest BCUT2D eigenvalue weighted by molar-refractivity contribution is 14.0. The number of carbonyl (C=O) groups excluding carboxylic acids is 2. The number of halogens is 2. The van der Waals surface area contributed by atoms with Crippen LogP contribution in [0.25, 0.3) is 0 Å². The molecule has 7 nitrogen and oxygen atoms in total. The summed E-state index contributed by atoms with van der Waals surface area (Å²) in [6, 6.07) is 7.23. The van der Waals surface area contributed by atoms with Gasteiger partial charge < -0.3 is 20.4 Å². The largest absolute Gasteiger partial charge is 0.357 e. The maximum atomic E-state index is 12.3. The van der Waals surface area contributed by atoms with Gasteiger partial charge in [-0.05, 0) is 39.0 Å². The summed E-state index contributed by atoms with van der Waals surface area (Å²) < 4.78 is 0.863. The van der Waals surface area contributed by atoms with Gasteiger partial charge in [-0.1, -0.05) is 22.0 Å². The number of amides is 2. The van der Waals surface area contributed by atoms with E-state index in [9.17, 15) is 9.59 Å². The van der Waals surface area contributed by atoms with E-state index in [1.807, 2.05) is 40.0 Å². The molecule has 2 N–H and O–H groups in total. The SMILES string of the molecule is CCNC(=NCCNC(=O)c1cccc(Br)c1)N(C)CC(=O)N(CC)CC.I. The Kier molecular flexibility index (Phi) is 13.9. The molecule has 0 unspecified atom stereocenters. The molecule has 158 valence electrons. The lowest BCUT2D eigenvalue weighted by molar-refractivity contribution is -0.131. The van der Waals surface area contributed by atoms with E-state index in [0.29, 0.717) is 44.2 Å². The van der Waals surface area contributed by atoms with Crippen molar-refractivity contribution in [1.82, 2.24) is 20.4 Å². The van der Waals surface area contributed by atoms with Crippen LogP contribution in [0.2, 0.25) is 0 Å². The quantitative estimate of drug-likeness (QED) is 0.208. The lowest BCUT2D eigenvalue weighted by Gasteiger charge is -2.25. The highest BCUT2D eigenvalue weighted by Crippen LogP contribution is 2.11. The van der Waals surface area contributed by atoms with E-state index in [1.54, 1.807) is 21.9 Å². The first-order valence-corrected chi connectivity index (χ1v) is 10.0. The van der Waals surface area contributed by atoms with Gasteiger partial charge in [0.05, 0.1) is 13.1 Å². The third-order valence-corrected chi connectivity index (χ3v) is 4.42. The maximum Gasteiger partial charge on any atom is 0.251 e. The number of hydrogen-bond acceptors (Lipinski definition) is 3. The second-order valence-corrected chi connectivity index (χ2v) is 6.84. The van der Waals surface area contributed by atoms with Gasteiger partial charge >= 0.3 is 0 Å². The summed E-state index contributed by atoms with van der Waals surface area (Å²) in [5.41, 5.74) is 0.599. The van der Waals surface area contributed by atoms with Gasteiger partial charge in [-0.25, -0.2) is 0 Å². The molecule has 0 bridgehead atoms. The molecule has 0 aliphatic heterocycles. The van der Waals surface area contributed by atoms with Gasteiger partial charge in [0.15, 0.2) is 5.96 Å². The first-order chi connectivity index (χ1) is 12.9. The second kappa shape index (κ2) is 14.6. The Balaban J connectivity index is 0.00000729. The number of carbonyl (C=O) groups is 2. The Morgan fingerprint density at radius 3 is 2.39 bits per heavy atom. The minimum Gasteiger partial charge on any atom is -0.357 e. The molecule has 9 heteroatoms. The van der Waals surface area contributed by atoms with E-state index in [-0.39, 0.29) is 42.3 Å². The third kappa shape index (κ3) is 9.22. The molecular weight excluding hydrogens is 537 g/mol. The maximum absolute atomic E-state index is 12.3. The smallest absolute Gasteiger partial charge is 0.251 e. The third-order valence-electron chi connectivity index (χ3n) is 3.93. The topological polar surface area (TPSA) is 77.0 Å². The van der Waals surface area contributed by atoms with Crippen LogP contribution in [0.3, 0.4) is 0 Å². The molecule has 0 aliphatic carbocycles. The van der Waals surface area contributed by atoms with Crippen LogP contribution >= 0.6 is 39.9 Å². The van der Waals surface area contributed by atoms with Crippen molar-refractivity contribution < 1.29 is 9.59 Å². The van der Waals surface area contributed by atoms with Gasteiger partial charge in [0.2, 0.25) is 5.91 Å². The minimum atomic E-state index is -0.137. The Bertz CT molecular complexity index is 653. The zero-order valence-electron chi connectivity index (χ0n) is 17.0. The van der Waals surface area contributed by atoms with Crippen molar-refractivity contribution >= 4 is 57.7 Å². The van der Waals surface area contributed by atoms with E-state index in [0.717, 1.165) is 4.47 Å². The molecule has 2 amide bonds. The molecule has 1 rings (SSSR count). The van der Waals surface area contributed by atoms with Gasteiger partial charge in [-0.2, -0.15) is 0 Å². The van der Waals surface area contributed by atoms with Crippen molar-refractivity contribution in [2.24, 2.45) is 4.99 Å². The van der Waals surface area contributed by atoms with Crippen molar-refractivity contribution in [2.45, 2.75) is 20.8 Å². The zero-order chi connectivity index (χ0) is 20.2. The fraction of sp³-hybridized carbons (Fsp3) is 0.526. The predicted octanol–water partition coefficient (Wildman–Crippen LogP) is 2.56. The van der Waals surface area contributed by atoms with E-state index < -0.39 is 0 Å². The van der Waals surface area contributed by atoms with Crippen LogP contribution in [-0.4, -0.2) is 73.9 Å². The monoisotopic (exact) mass is 567 g/mol. The fourth-order valence-electron chi connectivity index (χ4n) is 2.49. The Labute approximate surface area is 193 Å². The second-order valence-electron chi connectivity index (χ2n) is 5.92. The lowest BCUT2D eigenvalue weighted by Crippen LogP contribution is -2.46. The molecule has 0 aliphatic rings. The number of hydrogen-bond donors (Lipinski definition) is 2. The number of aliphatic imine (C=N–C) groups is 1. The molecule has 0 spiro atoms. The van der Waals surface area contributed by atoms with Crippen molar-refractivity contribution in [3.05, 3.63) is 34.3 Å². The molecule has 0 radical (unpaired) electrons. The molecule has 1 aromatic rings. The van der Waals surface area contributed by atoms with Gasteiger partial charge in [-0.3, -0.25) is 14.6 Å². The van der Waals surface area contributed by atoms with Gasteiger partial charge in [0, 0.05) is 43.3 Å². The van der Waals surface area contributed by atoms with Gasteiger partial charge in [0.1, 0.15) is 0 Å². The standard InChI is InChI=1S/C19H30BrN5O2.HI/c1-5-21-19(24(4)14-17(26)25(6-2)7-3)23-12-11-22-18(27)15-9-8-10-16(20)13-15;/h8-10,13H,5-7,11-12,14H2,1-4H3,(H,21,23)(H,22,27);1H. The summed E-state index contributed by atoms with van der Waals surface area (Å²) in [4.78, 5) is 32.5. The Morgan fingerprint density at radius 2 is 1.82 bits per heavy atom. The lowest BCUT2D eigenvalue weighted by atomic mass is 10.2. The Morgan fingerprint density at radius 1 is 1.14 bits per heavy atom. The van der Waals surface area contributed by atoms with Crippen LogP contribution in [0, 0.1) is 0 Å². The Hall–Kier alpha value is -1.36. The summed E-state index contributed by atoms with van der Waals surface area (Å²) >= 11 is 3.36. The highest BCUT2D eigenvalue weighted by Gasteiger charge is 2.15. The molecule has 0 saturated heterocycles. The summed E-state index contributed by atoms with van der Waals surface area (Å²) in [7, 11) is 1.84. The summed E-state index contributed by atoms with van der Waals surface area (Å²) in [6.45, 7) is 9.10. The predicted molar refractivity (Wildman–Crippen MR) is 128 cm³/mol. The first kappa shape index (κ1) is 26.6. The number of rotatable bonds is 9. The van der Waals surface area contributed by atoms with Gasteiger partial charge in [-0.15, -0.1) is 24.0 Å². The molecule has 1 aromatic carbocycles. The van der Waals surface area contributed by atoms with Crippen LogP contribution in [-0.2, 0) is 4.79 Å². The van der Waals surface area contributed by atoms with E-state index in [2.05, 4.69) is 31.6 Å². The van der Waals surface area contributed by atoms with Crippen LogP contribution in [0.15, 0.2) is 33.7 Å². The van der Waals surface area contributed by atoms with Crippen molar-refractivity contribution in [1.29, 1.82) is 0 Å². The summed E-state index contributed by atoms with van der Waals surface area (Å²) in [6.07, 6.45) is 0. The normalized spacial score (nSPS) is 10.7. The van der Waals surface area contributed by atoms with Crippen molar-refractivity contribution in [3.8, 4) is 0 Å². The van der Waals surface area contributed by atoms with E-state index in [1.165, 1.54) is 0 Å². The van der Waals surface area contributed by atoms with Crippen molar-refractivity contribution in [2.75, 3.05) is 46.3 Å². The number of likely N-dealkylation sites (N-methyl/N-ethyl adjacent to an activating group) is 2. The van der Waals surface area contributed by atoms with E-state index >= 15 is 0 Å². The zero-order valence-corrected chi connectivity index (χ0v) is 20.9. The number of nitrogens with one attached hydrogen (secondary N) is 2. The van der Waals surface area contributed by atoms with E-state index in [4.69, 9.17) is 0 Å².